The van der Waals surface area contributed by atoms with E-state index in [0.717, 1.165) is 24.9 Å². The zero-order valence-electron chi connectivity index (χ0n) is 30.1. The van der Waals surface area contributed by atoms with Gasteiger partial charge in [-0.25, -0.2) is 9.59 Å². The van der Waals surface area contributed by atoms with Crippen LogP contribution in [0.4, 0.5) is 9.59 Å². The highest BCUT2D eigenvalue weighted by Gasteiger charge is 2.63. The number of Topliss-reactive ketones (excluding diaryl/α,β-unsaturated/α-hetero) is 5. The minimum atomic E-state index is -1.40. The molecule has 2 heterocycles. The summed E-state index contributed by atoms with van der Waals surface area (Å²) in [6.45, 7) is 13.6. The second-order valence-corrected chi connectivity index (χ2v) is 16.8. The molecule has 0 N–H and O–H groups in total. The minimum absolute atomic E-state index is 0.0910. The average Bonchev–Trinajstić information content (AvgIpc) is 3.74. The number of ether oxygens (including phenoxy) is 2. The summed E-state index contributed by atoms with van der Waals surface area (Å²) in [5, 5.41) is 0. The van der Waals surface area contributed by atoms with Crippen LogP contribution in [-0.4, -0.2) is 94.6 Å². The van der Waals surface area contributed by atoms with Crippen molar-refractivity contribution in [3.63, 3.8) is 0 Å². The Labute approximate surface area is 301 Å². The number of benzene rings is 2. The first-order chi connectivity index (χ1) is 24.4. The lowest BCUT2D eigenvalue weighted by molar-refractivity contribution is -0.122. The van der Waals surface area contributed by atoms with Crippen LogP contribution in [0.5, 0.6) is 0 Å². The molecule has 12 nitrogen and oxygen atoms in total. The van der Waals surface area contributed by atoms with Gasteiger partial charge in [-0.15, -0.1) is 0 Å². The van der Waals surface area contributed by atoms with Gasteiger partial charge in [-0.1, -0.05) is 24.3 Å². The van der Waals surface area contributed by atoms with Gasteiger partial charge in [-0.2, -0.15) is 0 Å². The van der Waals surface area contributed by atoms with Gasteiger partial charge in [0.15, 0.2) is 28.9 Å². The standard InChI is InChI=1S/C30H25NO8.C10H17NO2/c1-30(2,3)39-29(38)31-10-19-20(11-31)22(19)28(37)23-26(35)16-7-5-14(9-18(16)27(23)36)13-4-6-15-17(8-13)25(34)21(12-32)24(15)33;1-10(2,3)13-9(12)11-5-7-4-8(7)6-11/h4-9,12,19-23H,10-11H2,1-3H3;7-8H,4-6H2,1-3H3. The van der Waals surface area contributed by atoms with Crippen LogP contribution in [0.2, 0.25) is 0 Å². The number of carbonyl (C=O) groups is 8. The van der Waals surface area contributed by atoms with Crippen molar-refractivity contribution in [3.05, 3.63) is 58.7 Å². The Balaban J connectivity index is 0.000000271. The molecule has 272 valence electrons. The maximum Gasteiger partial charge on any atom is 0.410 e. The van der Waals surface area contributed by atoms with E-state index >= 15 is 0 Å². The zero-order valence-corrected chi connectivity index (χ0v) is 30.1. The third-order valence-electron chi connectivity index (χ3n) is 10.7. The maximum atomic E-state index is 13.4. The van der Waals surface area contributed by atoms with Crippen molar-refractivity contribution in [2.75, 3.05) is 26.2 Å². The zero-order chi connectivity index (χ0) is 37.6. The second kappa shape index (κ2) is 12.3. The first kappa shape index (κ1) is 35.4. The van der Waals surface area contributed by atoms with Gasteiger partial charge in [0.2, 0.25) is 0 Å². The molecule has 2 aliphatic heterocycles. The van der Waals surface area contributed by atoms with Crippen molar-refractivity contribution in [2.45, 2.75) is 59.2 Å². The predicted octanol–water partition coefficient (Wildman–Crippen LogP) is 5.10. The number of piperidine rings is 2. The number of hydrogen-bond donors (Lipinski definition) is 0. The number of rotatable bonds is 4. The lowest BCUT2D eigenvalue weighted by atomic mass is 9.93. The van der Waals surface area contributed by atoms with Crippen molar-refractivity contribution in [3.8, 4) is 11.1 Å². The van der Waals surface area contributed by atoms with E-state index in [1.54, 1.807) is 37.8 Å². The Morgan fingerprint density at radius 3 is 1.54 bits per heavy atom. The van der Waals surface area contributed by atoms with Crippen molar-refractivity contribution >= 4 is 47.4 Å². The van der Waals surface area contributed by atoms with Crippen LogP contribution in [-0.2, 0) is 19.1 Å². The quantitative estimate of drug-likeness (QED) is 0.309. The molecular formula is C40H42N2O10. The molecule has 6 atom stereocenters. The van der Waals surface area contributed by atoms with E-state index in [0.29, 0.717) is 30.5 Å². The summed E-state index contributed by atoms with van der Waals surface area (Å²) >= 11 is 0. The van der Waals surface area contributed by atoms with Gasteiger partial charge in [0.25, 0.3) is 0 Å². The van der Waals surface area contributed by atoms with E-state index in [4.69, 9.17) is 9.47 Å². The van der Waals surface area contributed by atoms with Crippen LogP contribution in [0, 0.1) is 41.4 Å². The molecular weight excluding hydrogens is 668 g/mol. The summed E-state index contributed by atoms with van der Waals surface area (Å²) in [6.07, 6.45) is 1.08. The molecule has 2 aromatic carbocycles. The van der Waals surface area contributed by atoms with Crippen molar-refractivity contribution < 1.29 is 47.8 Å². The summed E-state index contributed by atoms with van der Waals surface area (Å²) in [6, 6.07) is 9.26. The van der Waals surface area contributed by atoms with Gasteiger partial charge < -0.3 is 24.1 Å². The highest BCUT2D eigenvalue weighted by Crippen LogP contribution is 2.54. The van der Waals surface area contributed by atoms with Crippen LogP contribution in [0.1, 0.15) is 89.4 Å². The Kier molecular flexibility index (Phi) is 8.38. The maximum absolute atomic E-state index is 13.4. The molecule has 0 spiro atoms. The highest BCUT2D eigenvalue weighted by atomic mass is 16.6. The smallest absolute Gasteiger partial charge is 0.410 e. The Morgan fingerprint density at radius 1 is 0.635 bits per heavy atom. The topological polar surface area (TPSA) is 161 Å². The second-order valence-electron chi connectivity index (χ2n) is 16.8. The number of likely N-dealkylation sites (tertiary alicyclic amines) is 2. The number of fused-ring (bicyclic) bond motifs is 4. The summed E-state index contributed by atoms with van der Waals surface area (Å²) in [7, 11) is 0. The largest absolute Gasteiger partial charge is 0.444 e. The fourth-order valence-electron chi connectivity index (χ4n) is 8.04. The van der Waals surface area contributed by atoms with Gasteiger partial charge >= 0.3 is 12.2 Å². The van der Waals surface area contributed by atoms with Crippen LogP contribution in [0.15, 0.2) is 36.4 Å². The van der Waals surface area contributed by atoms with Crippen molar-refractivity contribution in [1.82, 2.24) is 9.80 Å². The summed E-state index contributed by atoms with van der Waals surface area (Å²) < 4.78 is 10.7. The number of ketones is 5. The van der Waals surface area contributed by atoms with E-state index in [2.05, 4.69) is 0 Å². The Morgan fingerprint density at radius 2 is 1.06 bits per heavy atom. The first-order valence-electron chi connectivity index (χ1n) is 17.8. The van der Waals surface area contributed by atoms with Gasteiger partial charge in [0.1, 0.15) is 29.3 Å². The normalized spacial score (nSPS) is 28.0. The highest BCUT2D eigenvalue weighted by molar-refractivity contribution is 6.36. The molecule has 0 aromatic heterocycles. The van der Waals surface area contributed by atoms with Gasteiger partial charge in [-0.05, 0) is 94.9 Å². The number of carbonyl (C=O) groups excluding carboxylic acids is 8. The molecule has 4 aliphatic carbocycles. The SMILES string of the molecule is CC(C)(C)OC(=O)N1CC2C(C1)C2C(=O)C1C(=O)c2ccc(-c3ccc4c(c3)C(=O)C(C=O)C4=O)cc2C1=O.CC(C)(C)OC(=O)N1CC2CC2C1. The van der Waals surface area contributed by atoms with Gasteiger partial charge in [0, 0.05) is 54.4 Å². The van der Waals surface area contributed by atoms with E-state index in [1.165, 1.54) is 30.7 Å². The molecule has 6 aliphatic rings. The molecule has 2 aromatic rings. The first-order valence-corrected chi connectivity index (χ1v) is 17.8. The van der Waals surface area contributed by atoms with Crippen LogP contribution in [0.25, 0.3) is 11.1 Å². The van der Waals surface area contributed by atoms with Crippen LogP contribution < -0.4 is 0 Å². The van der Waals surface area contributed by atoms with Crippen LogP contribution >= 0.6 is 0 Å². The fraction of sp³-hybridized carbons (Fsp3) is 0.500. The molecule has 0 radical (unpaired) electrons. The lowest BCUT2D eigenvalue weighted by Crippen LogP contribution is -2.38. The average molecular weight is 711 g/mol. The van der Waals surface area contributed by atoms with Gasteiger partial charge in [0.05, 0.1) is 0 Å². The number of nitrogens with zero attached hydrogens (tertiary/aromatic N) is 2. The molecule has 2 saturated heterocycles. The number of aldehydes is 1. The molecule has 8 rings (SSSR count). The number of hydrogen-bond acceptors (Lipinski definition) is 10. The van der Waals surface area contributed by atoms with E-state index in [-0.39, 0.29) is 45.8 Å². The predicted molar refractivity (Wildman–Crippen MR) is 185 cm³/mol. The summed E-state index contributed by atoms with van der Waals surface area (Å²) in [5.41, 5.74) is 0.740. The molecule has 52 heavy (non-hydrogen) atoms. The molecule has 6 unspecified atom stereocenters. The van der Waals surface area contributed by atoms with Gasteiger partial charge in [-0.3, -0.25) is 24.0 Å². The molecule has 12 heteroatoms. The summed E-state index contributed by atoms with van der Waals surface area (Å²) in [4.78, 5) is 103. The fourth-order valence-corrected chi connectivity index (χ4v) is 8.04. The Bertz CT molecular complexity index is 1950. The van der Waals surface area contributed by atoms with Crippen LogP contribution in [0.3, 0.4) is 0 Å². The van der Waals surface area contributed by atoms with E-state index in [1.807, 2.05) is 25.7 Å². The molecule has 2 amide bonds. The van der Waals surface area contributed by atoms with E-state index < -0.39 is 58.4 Å². The summed E-state index contributed by atoms with van der Waals surface area (Å²) in [5.74, 6) is -4.36. The molecule has 0 bridgehead atoms. The minimum Gasteiger partial charge on any atom is -0.444 e. The third-order valence-corrected chi connectivity index (χ3v) is 10.7. The molecule has 4 fully saturated rings. The van der Waals surface area contributed by atoms with Crippen molar-refractivity contribution in [2.24, 2.45) is 41.4 Å². The lowest BCUT2D eigenvalue weighted by Gasteiger charge is -2.26. The van der Waals surface area contributed by atoms with E-state index in [9.17, 15) is 38.4 Å². The Hall–Kier alpha value is -5.00. The van der Waals surface area contributed by atoms with Crippen molar-refractivity contribution in [1.29, 1.82) is 0 Å². The monoisotopic (exact) mass is 710 g/mol. The molecule has 2 saturated carbocycles. The third kappa shape index (κ3) is 6.36. The number of amides is 2.